The van der Waals surface area contributed by atoms with Gasteiger partial charge in [0.15, 0.2) is 69.8 Å². The molecule has 15 heteroatoms. The largest absolute Gasteiger partial charge is 0.205 e. The molecule has 0 saturated heterocycles. The van der Waals surface area contributed by atoms with Crippen LogP contribution in [0.4, 0.5) is 61.5 Å². The zero-order valence-corrected chi connectivity index (χ0v) is 16.0. The molecule has 0 saturated carbocycles. The highest BCUT2D eigenvalue weighted by atomic mass is 35.5. The van der Waals surface area contributed by atoms with Crippen molar-refractivity contribution in [2.75, 3.05) is 0 Å². The molecule has 3 aromatic carbocycles. The second kappa shape index (κ2) is 8.64. The summed E-state index contributed by atoms with van der Waals surface area (Å²) in [6.07, 6.45) is 0. The van der Waals surface area contributed by atoms with Gasteiger partial charge in [-0.1, -0.05) is 11.6 Å². The molecule has 0 unspecified atom stereocenters. The highest BCUT2D eigenvalue weighted by molar-refractivity contribution is 6.31. The normalized spacial score (nSPS) is 11.6. The molecule has 0 nitrogen and oxygen atoms in total. The van der Waals surface area contributed by atoms with Crippen LogP contribution in [-0.2, 0) is 0 Å². The zero-order valence-electron chi connectivity index (χ0n) is 15.2. The van der Waals surface area contributed by atoms with Gasteiger partial charge in [-0.25, -0.2) is 61.5 Å². The molecule has 182 valence electrons. The Morgan fingerprint density at radius 2 is 0.500 bits per heavy atom. The Morgan fingerprint density at radius 1 is 0.294 bits per heavy atom. The molecule has 0 heterocycles. The third-order valence-corrected chi connectivity index (χ3v) is 4.93. The fraction of sp³-hybridized carbons (Fsp3) is 0.0526. The molecule has 0 atom stereocenters. The van der Waals surface area contributed by atoms with E-state index in [4.69, 9.17) is 11.6 Å². The van der Waals surface area contributed by atoms with Gasteiger partial charge in [-0.15, -0.1) is 0 Å². The quantitative estimate of drug-likeness (QED) is 0.143. The molecule has 0 aliphatic rings. The van der Waals surface area contributed by atoms with Gasteiger partial charge in [-0.2, -0.15) is 0 Å². The maximum atomic E-state index is 14.6. The van der Waals surface area contributed by atoms with E-state index in [1.165, 1.54) is 0 Å². The van der Waals surface area contributed by atoms with Gasteiger partial charge < -0.3 is 0 Å². The lowest BCUT2D eigenvalue weighted by Gasteiger charge is -2.24. The number of rotatable bonds is 3. The molecular weight excluding hydrogens is 530 g/mol. The van der Waals surface area contributed by atoms with Crippen molar-refractivity contribution in [3.63, 3.8) is 0 Å². The molecule has 0 bridgehead atoms. The predicted molar refractivity (Wildman–Crippen MR) is 84.7 cm³/mol. The lowest BCUT2D eigenvalue weighted by Crippen LogP contribution is -2.21. The van der Waals surface area contributed by atoms with Crippen molar-refractivity contribution in [2.24, 2.45) is 0 Å². The fourth-order valence-corrected chi connectivity index (χ4v) is 3.24. The van der Waals surface area contributed by atoms with Crippen molar-refractivity contribution >= 4 is 11.6 Å². The van der Waals surface area contributed by atoms with E-state index in [2.05, 4.69) is 0 Å². The molecule has 0 aliphatic carbocycles. The topological polar surface area (TPSA) is 0 Å². The Bertz CT molecular complexity index is 1110. The predicted octanol–water partition coefficient (Wildman–Crippen LogP) is 7.47. The Labute approximate surface area is 183 Å². The maximum Gasteiger partial charge on any atom is 0.200 e. The van der Waals surface area contributed by atoms with Crippen LogP contribution >= 0.6 is 11.6 Å². The minimum absolute atomic E-state index is 2.05. The molecule has 0 aromatic heterocycles. The maximum absolute atomic E-state index is 14.6. The van der Waals surface area contributed by atoms with E-state index in [1.54, 1.807) is 0 Å². The first-order chi connectivity index (χ1) is 15.7. The fourth-order valence-electron chi connectivity index (χ4n) is 3.06. The molecule has 0 fully saturated rings. The van der Waals surface area contributed by atoms with Crippen molar-refractivity contribution in [1.82, 2.24) is 0 Å². The minimum atomic E-state index is -3.80. The Kier molecular flexibility index (Phi) is 6.50. The number of halogens is 15. The Balaban J connectivity index is 2.68. The van der Waals surface area contributed by atoms with Crippen LogP contribution in [-0.4, -0.2) is 0 Å². The number of hydrogen-bond acceptors (Lipinski definition) is 0. The van der Waals surface area contributed by atoms with Gasteiger partial charge in [0, 0.05) is 16.7 Å². The van der Waals surface area contributed by atoms with Crippen LogP contribution in [0.15, 0.2) is 0 Å². The van der Waals surface area contributed by atoms with Gasteiger partial charge in [0.25, 0.3) is 0 Å². The summed E-state index contributed by atoms with van der Waals surface area (Å²) in [5.41, 5.74) is -7.57. The Morgan fingerprint density at radius 3 is 0.794 bits per heavy atom. The van der Waals surface area contributed by atoms with E-state index >= 15 is 0 Å². The summed E-state index contributed by atoms with van der Waals surface area (Å²) in [6.45, 7) is 0. The molecule has 0 spiro atoms. The SMILES string of the molecule is Fc1c(F)c(F)c(C(c2c(F)c(F)c(F)c(F)c2F)c2c(F)c(F)c(F)c(Cl)c2F)c(F)c1F. The van der Waals surface area contributed by atoms with E-state index in [0.29, 0.717) is 0 Å². The Hall–Kier alpha value is -3.03. The van der Waals surface area contributed by atoms with Crippen LogP contribution in [0.25, 0.3) is 0 Å². The molecule has 0 amide bonds. The van der Waals surface area contributed by atoms with Crippen LogP contribution in [0.5, 0.6) is 0 Å². The molecule has 3 rings (SSSR count). The van der Waals surface area contributed by atoms with Crippen molar-refractivity contribution in [3.8, 4) is 0 Å². The van der Waals surface area contributed by atoms with Crippen LogP contribution in [0.2, 0.25) is 5.02 Å². The molecular formula is C19HClF14. The van der Waals surface area contributed by atoms with Gasteiger partial charge in [0.05, 0.1) is 5.92 Å². The zero-order chi connectivity index (χ0) is 26.0. The van der Waals surface area contributed by atoms with E-state index in [1.807, 2.05) is 0 Å². The lowest BCUT2D eigenvalue weighted by molar-refractivity contribution is 0.353. The number of benzene rings is 3. The standard InChI is InChI=1S/C19HClF14/c20-5-6(21)2(7(22)13(28)12(5)27)1(3-8(23)14(29)18(33)15(30)9(3)24)4-10(25)16(31)19(34)17(32)11(4)26/h1H. The van der Waals surface area contributed by atoms with E-state index < -0.39 is 109 Å². The second-order valence-corrected chi connectivity index (χ2v) is 6.76. The summed E-state index contributed by atoms with van der Waals surface area (Å²) in [7, 11) is 0. The lowest BCUT2D eigenvalue weighted by atomic mass is 9.82. The van der Waals surface area contributed by atoms with Gasteiger partial charge in [-0.3, -0.25) is 0 Å². The highest BCUT2D eigenvalue weighted by Crippen LogP contribution is 2.45. The average Bonchev–Trinajstić information content (AvgIpc) is 2.81. The van der Waals surface area contributed by atoms with Crippen LogP contribution in [0.1, 0.15) is 22.6 Å². The summed E-state index contributed by atoms with van der Waals surface area (Å²) in [4.78, 5) is 0. The number of hydrogen-bond donors (Lipinski definition) is 0. The minimum Gasteiger partial charge on any atom is -0.205 e. The van der Waals surface area contributed by atoms with Gasteiger partial charge in [0.2, 0.25) is 11.6 Å². The first-order valence-corrected chi connectivity index (χ1v) is 8.58. The van der Waals surface area contributed by atoms with Crippen molar-refractivity contribution in [2.45, 2.75) is 5.92 Å². The smallest absolute Gasteiger partial charge is 0.200 e. The van der Waals surface area contributed by atoms with Crippen molar-refractivity contribution < 1.29 is 61.5 Å². The van der Waals surface area contributed by atoms with Gasteiger partial charge in [0.1, 0.15) is 5.02 Å². The first-order valence-electron chi connectivity index (χ1n) is 8.20. The third kappa shape index (κ3) is 3.46. The molecule has 0 radical (unpaired) electrons. The second-order valence-electron chi connectivity index (χ2n) is 6.38. The van der Waals surface area contributed by atoms with Crippen molar-refractivity contribution in [1.29, 1.82) is 0 Å². The monoisotopic (exact) mass is 530 g/mol. The first kappa shape index (κ1) is 25.6. The van der Waals surface area contributed by atoms with Gasteiger partial charge in [-0.05, 0) is 0 Å². The van der Waals surface area contributed by atoms with Crippen molar-refractivity contribution in [3.05, 3.63) is 103 Å². The summed E-state index contributed by atoms with van der Waals surface area (Å²) >= 11 is 5.07. The van der Waals surface area contributed by atoms with E-state index in [0.717, 1.165) is 0 Å². The molecule has 3 aromatic rings. The summed E-state index contributed by atoms with van der Waals surface area (Å²) < 4.78 is 196. The summed E-state index contributed by atoms with van der Waals surface area (Å²) in [5.74, 6) is -44.1. The molecule has 0 N–H and O–H groups in total. The van der Waals surface area contributed by atoms with Gasteiger partial charge >= 0.3 is 0 Å². The third-order valence-electron chi connectivity index (χ3n) is 4.60. The van der Waals surface area contributed by atoms with E-state index in [9.17, 15) is 61.5 Å². The summed E-state index contributed by atoms with van der Waals surface area (Å²) in [6, 6.07) is 0. The van der Waals surface area contributed by atoms with E-state index in [-0.39, 0.29) is 0 Å². The average molecular weight is 531 g/mol. The van der Waals surface area contributed by atoms with Crippen LogP contribution < -0.4 is 0 Å². The molecule has 0 aliphatic heterocycles. The molecule has 34 heavy (non-hydrogen) atoms. The van der Waals surface area contributed by atoms with Crippen LogP contribution in [0, 0.1) is 81.4 Å². The van der Waals surface area contributed by atoms with Crippen LogP contribution in [0.3, 0.4) is 0 Å². The summed E-state index contributed by atoms with van der Waals surface area (Å²) in [5, 5.41) is -2.05. The highest BCUT2D eigenvalue weighted by Gasteiger charge is 2.42.